The first kappa shape index (κ1) is 12.9. The maximum atomic E-state index is 8.83. The van der Waals surface area contributed by atoms with Crippen molar-refractivity contribution in [1.82, 2.24) is 5.32 Å². The van der Waals surface area contributed by atoms with Gasteiger partial charge in [-0.15, -0.1) is 0 Å². The lowest BCUT2D eigenvalue weighted by molar-refractivity contribution is 0.211. The fourth-order valence-electron chi connectivity index (χ4n) is 1.23. The molecule has 0 saturated carbocycles. The summed E-state index contributed by atoms with van der Waals surface area (Å²) in [7, 11) is 0. The summed E-state index contributed by atoms with van der Waals surface area (Å²) in [5.74, 6) is 0.818. The van der Waals surface area contributed by atoms with E-state index in [1.54, 1.807) is 0 Å². The first-order valence-electron chi connectivity index (χ1n) is 5.06. The number of aliphatic hydroxyl groups excluding tert-OH is 2. The van der Waals surface area contributed by atoms with E-state index in [0.29, 0.717) is 17.9 Å². The van der Waals surface area contributed by atoms with Crippen molar-refractivity contribution in [1.29, 1.82) is 0 Å². The first-order valence-corrected chi connectivity index (χ1v) is 5.06. The average Bonchev–Trinajstić information content (AvgIpc) is 2.11. The Balaban J connectivity index is 3.68. The van der Waals surface area contributed by atoms with E-state index >= 15 is 0 Å². The topological polar surface area (TPSA) is 52.5 Å². The lowest BCUT2D eigenvalue weighted by Crippen LogP contribution is -2.38. The van der Waals surface area contributed by atoms with Crippen LogP contribution in [0, 0.1) is 11.8 Å². The van der Waals surface area contributed by atoms with Gasteiger partial charge in [0, 0.05) is 25.8 Å². The molecule has 3 heteroatoms. The molecule has 0 aromatic rings. The van der Waals surface area contributed by atoms with Gasteiger partial charge >= 0.3 is 0 Å². The van der Waals surface area contributed by atoms with E-state index in [1.165, 1.54) is 0 Å². The molecular formula is C10H23NO2. The molecule has 0 fully saturated rings. The van der Waals surface area contributed by atoms with Crippen molar-refractivity contribution in [3.63, 3.8) is 0 Å². The van der Waals surface area contributed by atoms with Gasteiger partial charge in [-0.3, -0.25) is 0 Å². The van der Waals surface area contributed by atoms with Crippen molar-refractivity contribution in [3.05, 3.63) is 0 Å². The largest absolute Gasteiger partial charge is 0.396 e. The van der Waals surface area contributed by atoms with Gasteiger partial charge in [-0.1, -0.05) is 20.8 Å². The third-order valence-corrected chi connectivity index (χ3v) is 2.29. The van der Waals surface area contributed by atoms with Crippen LogP contribution in [0.4, 0.5) is 0 Å². The van der Waals surface area contributed by atoms with E-state index in [1.807, 2.05) is 6.92 Å². The molecule has 0 bridgehead atoms. The van der Waals surface area contributed by atoms with E-state index in [4.69, 9.17) is 10.2 Å². The van der Waals surface area contributed by atoms with Crippen LogP contribution in [0.3, 0.4) is 0 Å². The SMILES string of the molecule is CC(CO)CNC(CCO)C(C)C. The second-order valence-electron chi connectivity index (χ2n) is 4.06. The van der Waals surface area contributed by atoms with Gasteiger partial charge in [-0.05, 0) is 18.3 Å². The molecule has 2 unspecified atom stereocenters. The van der Waals surface area contributed by atoms with E-state index in [0.717, 1.165) is 13.0 Å². The fraction of sp³-hybridized carbons (Fsp3) is 1.00. The molecular weight excluding hydrogens is 166 g/mol. The summed E-state index contributed by atoms with van der Waals surface area (Å²) in [6, 6.07) is 0.360. The van der Waals surface area contributed by atoms with Gasteiger partial charge < -0.3 is 15.5 Å². The summed E-state index contributed by atoms with van der Waals surface area (Å²) < 4.78 is 0. The highest BCUT2D eigenvalue weighted by molar-refractivity contribution is 4.71. The molecule has 0 aliphatic carbocycles. The third kappa shape index (κ3) is 6.02. The molecule has 0 saturated heterocycles. The van der Waals surface area contributed by atoms with Crippen LogP contribution in [0.1, 0.15) is 27.2 Å². The minimum atomic E-state index is 0.219. The molecule has 13 heavy (non-hydrogen) atoms. The van der Waals surface area contributed by atoms with Gasteiger partial charge in [0.2, 0.25) is 0 Å². The normalized spacial score (nSPS) is 16.2. The van der Waals surface area contributed by atoms with Crippen LogP contribution in [0.25, 0.3) is 0 Å². The summed E-state index contributed by atoms with van der Waals surface area (Å²) in [6.07, 6.45) is 0.788. The summed E-state index contributed by atoms with van der Waals surface area (Å²) in [5, 5.41) is 21.0. The number of aliphatic hydroxyl groups is 2. The predicted molar refractivity (Wildman–Crippen MR) is 54.6 cm³/mol. The highest BCUT2D eigenvalue weighted by Crippen LogP contribution is 2.06. The monoisotopic (exact) mass is 189 g/mol. The van der Waals surface area contributed by atoms with Crippen molar-refractivity contribution < 1.29 is 10.2 Å². The Labute approximate surface area is 81.2 Å². The molecule has 0 amide bonds. The van der Waals surface area contributed by atoms with Gasteiger partial charge in [0.1, 0.15) is 0 Å². The molecule has 0 rings (SSSR count). The van der Waals surface area contributed by atoms with E-state index in [2.05, 4.69) is 19.2 Å². The Morgan fingerprint density at radius 1 is 1.15 bits per heavy atom. The van der Waals surface area contributed by atoms with Crippen LogP contribution in [-0.2, 0) is 0 Å². The van der Waals surface area contributed by atoms with Crippen LogP contribution < -0.4 is 5.32 Å². The number of hydrogen-bond acceptors (Lipinski definition) is 3. The van der Waals surface area contributed by atoms with Gasteiger partial charge in [-0.2, -0.15) is 0 Å². The minimum Gasteiger partial charge on any atom is -0.396 e. The van der Waals surface area contributed by atoms with E-state index in [-0.39, 0.29) is 13.2 Å². The molecule has 2 atom stereocenters. The van der Waals surface area contributed by atoms with Crippen molar-refractivity contribution in [2.45, 2.75) is 33.2 Å². The number of rotatable bonds is 7. The van der Waals surface area contributed by atoms with E-state index in [9.17, 15) is 0 Å². The zero-order chi connectivity index (χ0) is 10.3. The van der Waals surface area contributed by atoms with Crippen LogP contribution in [0.2, 0.25) is 0 Å². The third-order valence-electron chi connectivity index (χ3n) is 2.29. The van der Waals surface area contributed by atoms with Gasteiger partial charge in [0.05, 0.1) is 0 Å². The lowest BCUT2D eigenvalue weighted by atomic mass is 10.0. The average molecular weight is 189 g/mol. The molecule has 0 radical (unpaired) electrons. The lowest BCUT2D eigenvalue weighted by Gasteiger charge is -2.23. The van der Waals surface area contributed by atoms with E-state index < -0.39 is 0 Å². The standard InChI is InChI=1S/C10H23NO2/c1-8(2)10(4-5-12)11-6-9(3)7-13/h8-13H,4-7H2,1-3H3. The summed E-state index contributed by atoms with van der Waals surface area (Å²) >= 11 is 0. The van der Waals surface area contributed by atoms with Crippen molar-refractivity contribution in [3.8, 4) is 0 Å². The molecule has 0 spiro atoms. The van der Waals surface area contributed by atoms with Crippen molar-refractivity contribution in [2.24, 2.45) is 11.8 Å². The Kier molecular flexibility index (Phi) is 7.23. The first-order chi connectivity index (χ1) is 6.11. The number of hydrogen-bond donors (Lipinski definition) is 3. The second kappa shape index (κ2) is 7.30. The molecule has 0 heterocycles. The molecule has 80 valence electrons. The second-order valence-corrected chi connectivity index (χ2v) is 4.06. The maximum Gasteiger partial charge on any atom is 0.0468 e. The molecule has 0 aromatic carbocycles. The zero-order valence-corrected chi connectivity index (χ0v) is 8.95. The maximum absolute atomic E-state index is 8.83. The molecule has 0 aromatic heterocycles. The summed E-state index contributed by atoms with van der Waals surface area (Å²) in [6.45, 7) is 7.54. The quantitative estimate of drug-likeness (QED) is 0.550. The fourth-order valence-corrected chi connectivity index (χ4v) is 1.23. The van der Waals surface area contributed by atoms with Crippen molar-refractivity contribution in [2.75, 3.05) is 19.8 Å². The smallest absolute Gasteiger partial charge is 0.0468 e. The summed E-state index contributed by atoms with van der Waals surface area (Å²) in [4.78, 5) is 0. The Morgan fingerprint density at radius 3 is 2.15 bits per heavy atom. The predicted octanol–water partition coefficient (Wildman–Crippen LogP) is 0.611. The molecule has 0 aliphatic rings. The minimum absolute atomic E-state index is 0.219. The molecule has 3 nitrogen and oxygen atoms in total. The Bertz CT molecular complexity index is 117. The van der Waals surface area contributed by atoms with Gasteiger partial charge in [-0.25, -0.2) is 0 Å². The van der Waals surface area contributed by atoms with Crippen LogP contribution >= 0.6 is 0 Å². The van der Waals surface area contributed by atoms with Gasteiger partial charge in [0.15, 0.2) is 0 Å². The molecule has 0 aliphatic heterocycles. The highest BCUT2D eigenvalue weighted by atomic mass is 16.3. The van der Waals surface area contributed by atoms with Crippen LogP contribution in [0.15, 0.2) is 0 Å². The zero-order valence-electron chi connectivity index (χ0n) is 8.95. The van der Waals surface area contributed by atoms with Crippen LogP contribution in [0.5, 0.6) is 0 Å². The highest BCUT2D eigenvalue weighted by Gasteiger charge is 2.12. The Hall–Kier alpha value is -0.120. The van der Waals surface area contributed by atoms with Crippen molar-refractivity contribution >= 4 is 0 Å². The number of nitrogens with one attached hydrogen (secondary N) is 1. The van der Waals surface area contributed by atoms with Crippen LogP contribution in [-0.4, -0.2) is 36.0 Å². The Morgan fingerprint density at radius 2 is 1.77 bits per heavy atom. The molecule has 3 N–H and O–H groups in total. The van der Waals surface area contributed by atoms with Gasteiger partial charge in [0.25, 0.3) is 0 Å². The summed E-state index contributed by atoms with van der Waals surface area (Å²) in [5.41, 5.74) is 0.